The van der Waals surface area contributed by atoms with Gasteiger partial charge in [-0.15, -0.1) is 0 Å². The Bertz CT molecular complexity index is 334. The third-order valence-electron chi connectivity index (χ3n) is 2.89. The fourth-order valence-electron chi connectivity index (χ4n) is 2.13. The maximum Gasteiger partial charge on any atom is 0.131 e. The molecule has 2 nitrogen and oxygen atoms in total. The van der Waals surface area contributed by atoms with Crippen molar-refractivity contribution >= 4 is 0 Å². The summed E-state index contributed by atoms with van der Waals surface area (Å²) in [5.41, 5.74) is 0.680. The zero-order valence-electron chi connectivity index (χ0n) is 8.92. The molecule has 0 bridgehead atoms. The van der Waals surface area contributed by atoms with E-state index < -0.39 is 0 Å². The maximum atomic E-state index is 13.7. The van der Waals surface area contributed by atoms with Crippen molar-refractivity contribution in [3.63, 3.8) is 0 Å². The van der Waals surface area contributed by atoms with Crippen molar-refractivity contribution in [2.45, 2.75) is 25.3 Å². The summed E-state index contributed by atoms with van der Waals surface area (Å²) in [5, 5.41) is 3.33. The number of hydrogen-bond donors (Lipinski definition) is 1. The standard InChI is InChI=1S/C12H16FNO/c1-15-11-7-4-5-9(13)12(11)10-6-2-3-8-14-10/h4-5,7,10,14H,2-3,6,8H2,1H3. The number of ether oxygens (including phenoxy) is 1. The van der Waals surface area contributed by atoms with Crippen molar-refractivity contribution in [3.8, 4) is 5.75 Å². The molecule has 1 aromatic rings. The van der Waals surface area contributed by atoms with Gasteiger partial charge in [0, 0.05) is 11.6 Å². The van der Waals surface area contributed by atoms with Crippen molar-refractivity contribution in [3.05, 3.63) is 29.6 Å². The van der Waals surface area contributed by atoms with Crippen LogP contribution in [0.4, 0.5) is 4.39 Å². The van der Waals surface area contributed by atoms with Crippen molar-refractivity contribution in [1.29, 1.82) is 0 Å². The van der Waals surface area contributed by atoms with Gasteiger partial charge in [-0.1, -0.05) is 12.5 Å². The van der Waals surface area contributed by atoms with Crippen LogP contribution < -0.4 is 10.1 Å². The molecule has 15 heavy (non-hydrogen) atoms. The summed E-state index contributed by atoms with van der Waals surface area (Å²) in [6.07, 6.45) is 3.31. The van der Waals surface area contributed by atoms with Crippen LogP contribution in [-0.4, -0.2) is 13.7 Å². The van der Waals surface area contributed by atoms with Crippen molar-refractivity contribution in [2.75, 3.05) is 13.7 Å². The highest BCUT2D eigenvalue weighted by atomic mass is 19.1. The van der Waals surface area contributed by atoms with Crippen LogP contribution in [0.3, 0.4) is 0 Å². The SMILES string of the molecule is COc1cccc(F)c1C1CCCCN1. The first kappa shape index (κ1) is 10.4. The zero-order valence-corrected chi connectivity index (χ0v) is 8.92. The van der Waals surface area contributed by atoms with Gasteiger partial charge in [0.2, 0.25) is 0 Å². The summed E-state index contributed by atoms with van der Waals surface area (Å²) in [6, 6.07) is 5.10. The molecule has 1 heterocycles. The normalized spacial score (nSPS) is 21.3. The van der Waals surface area contributed by atoms with E-state index in [0.29, 0.717) is 11.3 Å². The van der Waals surface area contributed by atoms with Crippen molar-refractivity contribution in [2.24, 2.45) is 0 Å². The van der Waals surface area contributed by atoms with Gasteiger partial charge in [0.25, 0.3) is 0 Å². The highest BCUT2D eigenvalue weighted by Gasteiger charge is 2.21. The van der Waals surface area contributed by atoms with Crippen LogP contribution >= 0.6 is 0 Å². The Hall–Kier alpha value is -1.09. The number of rotatable bonds is 2. The third-order valence-corrected chi connectivity index (χ3v) is 2.89. The monoisotopic (exact) mass is 209 g/mol. The van der Waals surface area contributed by atoms with Gasteiger partial charge in [0.15, 0.2) is 0 Å². The second-order valence-corrected chi connectivity index (χ2v) is 3.86. The van der Waals surface area contributed by atoms with Crippen molar-refractivity contribution < 1.29 is 9.13 Å². The predicted molar refractivity (Wildman–Crippen MR) is 57.5 cm³/mol. The van der Waals surface area contributed by atoms with Crippen LogP contribution in [0, 0.1) is 5.82 Å². The molecule has 1 aliphatic rings. The number of piperidine rings is 1. The molecule has 1 fully saturated rings. The van der Waals surface area contributed by atoms with E-state index >= 15 is 0 Å². The van der Waals surface area contributed by atoms with Gasteiger partial charge in [-0.3, -0.25) is 0 Å². The molecule has 0 aliphatic carbocycles. The Kier molecular flexibility index (Phi) is 3.21. The van der Waals surface area contributed by atoms with E-state index in [4.69, 9.17) is 4.74 Å². The molecule has 1 unspecified atom stereocenters. The first-order chi connectivity index (χ1) is 7.33. The van der Waals surface area contributed by atoms with E-state index in [2.05, 4.69) is 5.32 Å². The van der Waals surface area contributed by atoms with Crippen LogP contribution in [0.15, 0.2) is 18.2 Å². The molecule has 3 heteroatoms. The number of methoxy groups -OCH3 is 1. The molecule has 0 aromatic heterocycles. The lowest BCUT2D eigenvalue weighted by molar-refractivity contribution is 0.362. The Labute approximate surface area is 89.4 Å². The zero-order chi connectivity index (χ0) is 10.7. The van der Waals surface area contributed by atoms with Gasteiger partial charge in [-0.25, -0.2) is 4.39 Å². The van der Waals surface area contributed by atoms with Crippen LogP contribution in [0.5, 0.6) is 5.75 Å². The average molecular weight is 209 g/mol. The highest BCUT2D eigenvalue weighted by molar-refractivity contribution is 5.37. The van der Waals surface area contributed by atoms with Crippen LogP contribution in [0.2, 0.25) is 0 Å². The van der Waals surface area contributed by atoms with Gasteiger partial charge in [0.05, 0.1) is 7.11 Å². The van der Waals surface area contributed by atoms with Gasteiger partial charge >= 0.3 is 0 Å². The van der Waals surface area contributed by atoms with E-state index in [-0.39, 0.29) is 11.9 Å². The summed E-state index contributed by atoms with van der Waals surface area (Å²) >= 11 is 0. The predicted octanol–water partition coefficient (Wildman–Crippen LogP) is 2.65. The van der Waals surface area contributed by atoms with E-state index in [9.17, 15) is 4.39 Å². The largest absolute Gasteiger partial charge is 0.496 e. The summed E-state index contributed by atoms with van der Waals surface area (Å²) in [7, 11) is 1.58. The molecule has 1 aromatic carbocycles. The topological polar surface area (TPSA) is 21.3 Å². The Morgan fingerprint density at radius 2 is 2.27 bits per heavy atom. The summed E-state index contributed by atoms with van der Waals surface area (Å²) in [4.78, 5) is 0. The lowest BCUT2D eigenvalue weighted by atomic mass is 9.96. The lowest BCUT2D eigenvalue weighted by Gasteiger charge is -2.25. The van der Waals surface area contributed by atoms with Gasteiger partial charge in [-0.2, -0.15) is 0 Å². The van der Waals surface area contributed by atoms with E-state index in [1.165, 1.54) is 12.5 Å². The smallest absolute Gasteiger partial charge is 0.131 e. The number of nitrogens with one attached hydrogen (secondary N) is 1. The van der Waals surface area contributed by atoms with Gasteiger partial charge < -0.3 is 10.1 Å². The summed E-state index contributed by atoms with van der Waals surface area (Å²) in [6.45, 7) is 0.960. The summed E-state index contributed by atoms with van der Waals surface area (Å²) < 4.78 is 18.9. The third kappa shape index (κ3) is 2.12. The minimum Gasteiger partial charge on any atom is -0.496 e. The number of benzene rings is 1. The molecule has 1 atom stereocenters. The molecule has 0 saturated carbocycles. The Balaban J connectivity index is 2.31. The quantitative estimate of drug-likeness (QED) is 0.808. The molecule has 0 amide bonds. The molecule has 0 spiro atoms. The minimum atomic E-state index is -0.172. The second kappa shape index (κ2) is 4.62. The highest BCUT2D eigenvalue weighted by Crippen LogP contribution is 2.32. The van der Waals surface area contributed by atoms with Crippen molar-refractivity contribution in [1.82, 2.24) is 5.32 Å². The van der Waals surface area contributed by atoms with E-state index in [1.807, 2.05) is 6.07 Å². The van der Waals surface area contributed by atoms with E-state index in [1.54, 1.807) is 13.2 Å². The maximum absolute atomic E-state index is 13.7. The van der Waals surface area contributed by atoms with Crippen LogP contribution in [0.25, 0.3) is 0 Å². The second-order valence-electron chi connectivity index (χ2n) is 3.86. The summed E-state index contributed by atoms with van der Waals surface area (Å²) in [5.74, 6) is 0.475. The molecular formula is C12H16FNO. The number of halogens is 1. The fourth-order valence-corrected chi connectivity index (χ4v) is 2.13. The fraction of sp³-hybridized carbons (Fsp3) is 0.500. The molecule has 0 radical (unpaired) electrons. The molecule has 82 valence electrons. The molecule has 1 saturated heterocycles. The van der Waals surface area contributed by atoms with Crippen LogP contribution in [0.1, 0.15) is 30.9 Å². The lowest BCUT2D eigenvalue weighted by Crippen LogP contribution is -2.27. The van der Waals surface area contributed by atoms with E-state index in [0.717, 1.165) is 19.4 Å². The molecule has 1 N–H and O–H groups in total. The average Bonchev–Trinajstić information content (AvgIpc) is 2.29. The Morgan fingerprint density at radius 1 is 1.40 bits per heavy atom. The van der Waals surface area contributed by atoms with Gasteiger partial charge in [0.1, 0.15) is 11.6 Å². The first-order valence-corrected chi connectivity index (χ1v) is 5.38. The molecule has 1 aliphatic heterocycles. The van der Waals surface area contributed by atoms with Crippen LogP contribution in [-0.2, 0) is 0 Å². The van der Waals surface area contributed by atoms with Gasteiger partial charge in [-0.05, 0) is 31.5 Å². The molecular weight excluding hydrogens is 193 g/mol. The minimum absolute atomic E-state index is 0.106. The molecule has 2 rings (SSSR count). The number of hydrogen-bond acceptors (Lipinski definition) is 2. The Morgan fingerprint density at radius 3 is 2.93 bits per heavy atom. The first-order valence-electron chi connectivity index (χ1n) is 5.38.